The smallest absolute Gasteiger partial charge is 0.198 e. The van der Waals surface area contributed by atoms with E-state index < -0.39 is 11.6 Å². The molecule has 7 heteroatoms. The van der Waals surface area contributed by atoms with Crippen molar-refractivity contribution in [1.82, 2.24) is 19.6 Å². The first kappa shape index (κ1) is 11.0. The SMILES string of the molecule is Fc1ccc(F)c(-c2nnc3c(Cl)nccn23)c1. The van der Waals surface area contributed by atoms with Gasteiger partial charge in [-0.05, 0) is 18.2 Å². The van der Waals surface area contributed by atoms with Gasteiger partial charge in [0.1, 0.15) is 11.6 Å². The van der Waals surface area contributed by atoms with Gasteiger partial charge in [-0.1, -0.05) is 11.6 Å². The average molecular weight is 267 g/mol. The van der Waals surface area contributed by atoms with E-state index in [0.717, 1.165) is 18.2 Å². The fraction of sp³-hybridized carbons (Fsp3) is 0. The zero-order valence-electron chi connectivity index (χ0n) is 8.81. The van der Waals surface area contributed by atoms with Gasteiger partial charge in [0.25, 0.3) is 0 Å². The van der Waals surface area contributed by atoms with Crippen LogP contribution in [0, 0.1) is 11.6 Å². The Bertz CT molecular complexity index is 741. The van der Waals surface area contributed by atoms with E-state index in [2.05, 4.69) is 15.2 Å². The van der Waals surface area contributed by atoms with Crippen LogP contribution >= 0.6 is 11.6 Å². The highest BCUT2D eigenvalue weighted by molar-refractivity contribution is 6.32. The Kier molecular flexibility index (Phi) is 2.45. The van der Waals surface area contributed by atoms with Crippen LogP contribution < -0.4 is 0 Å². The summed E-state index contributed by atoms with van der Waals surface area (Å²) in [6, 6.07) is 3.13. The minimum atomic E-state index is -0.585. The molecule has 0 amide bonds. The summed E-state index contributed by atoms with van der Waals surface area (Å²) in [6.45, 7) is 0. The molecule has 0 saturated heterocycles. The van der Waals surface area contributed by atoms with Crippen molar-refractivity contribution in [3.8, 4) is 11.4 Å². The molecule has 90 valence electrons. The molecule has 3 rings (SSSR count). The second-order valence-corrected chi connectivity index (χ2v) is 3.92. The maximum absolute atomic E-state index is 13.7. The molecule has 2 heterocycles. The highest BCUT2D eigenvalue weighted by Crippen LogP contribution is 2.24. The summed E-state index contributed by atoms with van der Waals surface area (Å²) in [5, 5.41) is 7.75. The third-order valence-corrected chi connectivity index (χ3v) is 2.72. The molecule has 0 aliphatic rings. The summed E-state index contributed by atoms with van der Waals surface area (Å²) in [5.74, 6) is -0.965. The molecule has 0 aliphatic heterocycles. The van der Waals surface area contributed by atoms with Crippen LogP contribution in [0.5, 0.6) is 0 Å². The van der Waals surface area contributed by atoms with Crippen molar-refractivity contribution in [2.45, 2.75) is 0 Å². The fourth-order valence-electron chi connectivity index (χ4n) is 1.65. The van der Waals surface area contributed by atoms with Gasteiger partial charge in [-0.15, -0.1) is 10.2 Å². The van der Waals surface area contributed by atoms with Crippen LogP contribution in [0.2, 0.25) is 5.15 Å². The van der Waals surface area contributed by atoms with Crippen LogP contribution in [-0.2, 0) is 0 Å². The van der Waals surface area contributed by atoms with Crippen LogP contribution in [0.15, 0.2) is 30.6 Å². The molecule has 1 aromatic carbocycles. The van der Waals surface area contributed by atoms with E-state index in [1.165, 1.54) is 16.8 Å². The van der Waals surface area contributed by atoms with Gasteiger partial charge >= 0.3 is 0 Å². The van der Waals surface area contributed by atoms with E-state index in [1.54, 1.807) is 0 Å². The minimum Gasteiger partial charge on any atom is -0.278 e. The summed E-state index contributed by atoms with van der Waals surface area (Å²) in [5.41, 5.74) is 0.308. The lowest BCUT2D eigenvalue weighted by Gasteiger charge is -2.01. The van der Waals surface area contributed by atoms with Gasteiger partial charge in [-0.25, -0.2) is 13.8 Å². The monoisotopic (exact) mass is 266 g/mol. The normalized spacial score (nSPS) is 11.1. The van der Waals surface area contributed by atoms with Gasteiger partial charge in [0.2, 0.25) is 0 Å². The van der Waals surface area contributed by atoms with Gasteiger partial charge in [0, 0.05) is 12.4 Å². The number of hydrogen-bond acceptors (Lipinski definition) is 3. The number of rotatable bonds is 1. The Hall–Kier alpha value is -2.08. The molecule has 4 nitrogen and oxygen atoms in total. The molecular weight excluding hydrogens is 262 g/mol. The summed E-state index contributed by atoms with van der Waals surface area (Å²) in [6.07, 6.45) is 2.96. The lowest BCUT2D eigenvalue weighted by molar-refractivity contribution is 0.602. The summed E-state index contributed by atoms with van der Waals surface area (Å²) in [4.78, 5) is 3.83. The largest absolute Gasteiger partial charge is 0.278 e. The van der Waals surface area contributed by atoms with Crippen molar-refractivity contribution >= 4 is 17.2 Å². The molecule has 0 atom stereocenters. The molecule has 0 fully saturated rings. The van der Waals surface area contributed by atoms with Crippen LogP contribution in [0.25, 0.3) is 17.0 Å². The Morgan fingerprint density at radius 2 is 2.00 bits per heavy atom. The maximum atomic E-state index is 13.7. The average Bonchev–Trinajstić information content (AvgIpc) is 2.77. The van der Waals surface area contributed by atoms with Crippen molar-refractivity contribution in [2.24, 2.45) is 0 Å². The van der Waals surface area contributed by atoms with Crippen LogP contribution in [0.1, 0.15) is 0 Å². The van der Waals surface area contributed by atoms with E-state index in [9.17, 15) is 8.78 Å². The Morgan fingerprint density at radius 1 is 1.17 bits per heavy atom. The second kappa shape index (κ2) is 3.99. The molecule has 0 unspecified atom stereocenters. The minimum absolute atomic E-state index is 0.0183. The van der Waals surface area contributed by atoms with E-state index in [0.29, 0.717) is 0 Å². The molecule has 0 bridgehead atoms. The molecule has 3 aromatic rings. The maximum Gasteiger partial charge on any atom is 0.198 e. The third kappa shape index (κ3) is 1.62. The molecule has 0 aliphatic carbocycles. The van der Waals surface area contributed by atoms with Gasteiger partial charge < -0.3 is 0 Å². The number of benzene rings is 1. The van der Waals surface area contributed by atoms with Gasteiger partial charge in [0.15, 0.2) is 16.6 Å². The van der Waals surface area contributed by atoms with E-state index in [-0.39, 0.29) is 22.2 Å². The van der Waals surface area contributed by atoms with Crippen LogP contribution in [-0.4, -0.2) is 19.6 Å². The predicted octanol–water partition coefficient (Wildman–Crippen LogP) is 2.72. The predicted molar refractivity (Wildman–Crippen MR) is 61.1 cm³/mol. The third-order valence-electron chi connectivity index (χ3n) is 2.45. The standard InChI is InChI=1S/C11H5ClF2N4/c12-9-11-17-16-10(18(11)4-3-15-9)7-5-6(13)1-2-8(7)14/h1-5H. The summed E-state index contributed by atoms with van der Waals surface area (Å²) in [7, 11) is 0. The van der Waals surface area contributed by atoms with Gasteiger partial charge in [-0.3, -0.25) is 4.40 Å². The zero-order chi connectivity index (χ0) is 12.7. The first-order chi connectivity index (χ1) is 8.66. The lowest BCUT2D eigenvalue weighted by atomic mass is 10.2. The highest BCUT2D eigenvalue weighted by Gasteiger charge is 2.15. The van der Waals surface area contributed by atoms with Crippen molar-refractivity contribution in [2.75, 3.05) is 0 Å². The Labute approximate surface area is 105 Å². The number of nitrogens with zero attached hydrogens (tertiary/aromatic N) is 4. The summed E-state index contributed by atoms with van der Waals surface area (Å²) >= 11 is 5.83. The molecule has 0 radical (unpaired) electrons. The fourth-order valence-corrected chi connectivity index (χ4v) is 1.83. The molecule has 0 N–H and O–H groups in total. The van der Waals surface area contributed by atoms with Gasteiger partial charge in [0.05, 0.1) is 5.56 Å². The topological polar surface area (TPSA) is 43.1 Å². The van der Waals surface area contributed by atoms with Crippen molar-refractivity contribution < 1.29 is 8.78 Å². The Morgan fingerprint density at radius 3 is 2.83 bits per heavy atom. The molecule has 0 spiro atoms. The van der Waals surface area contributed by atoms with E-state index in [1.807, 2.05) is 0 Å². The number of halogens is 3. The first-order valence-electron chi connectivity index (χ1n) is 4.97. The van der Waals surface area contributed by atoms with E-state index >= 15 is 0 Å². The summed E-state index contributed by atoms with van der Waals surface area (Å²) < 4.78 is 28.3. The molecular formula is C11H5ClF2N4. The first-order valence-corrected chi connectivity index (χ1v) is 5.35. The highest BCUT2D eigenvalue weighted by atomic mass is 35.5. The van der Waals surface area contributed by atoms with E-state index in [4.69, 9.17) is 11.6 Å². The van der Waals surface area contributed by atoms with Crippen LogP contribution in [0.3, 0.4) is 0 Å². The Balaban J connectivity index is 2.32. The van der Waals surface area contributed by atoms with Crippen molar-refractivity contribution in [3.63, 3.8) is 0 Å². The van der Waals surface area contributed by atoms with Gasteiger partial charge in [-0.2, -0.15) is 0 Å². The lowest BCUT2D eigenvalue weighted by Crippen LogP contribution is -1.94. The zero-order valence-corrected chi connectivity index (χ0v) is 9.57. The molecule has 2 aromatic heterocycles. The number of aromatic nitrogens is 4. The number of hydrogen-bond donors (Lipinski definition) is 0. The van der Waals surface area contributed by atoms with Crippen molar-refractivity contribution in [3.05, 3.63) is 47.4 Å². The molecule has 0 saturated carbocycles. The van der Waals surface area contributed by atoms with Crippen LogP contribution in [0.4, 0.5) is 8.78 Å². The van der Waals surface area contributed by atoms with Crippen molar-refractivity contribution in [1.29, 1.82) is 0 Å². The second-order valence-electron chi connectivity index (χ2n) is 3.56. The quantitative estimate of drug-likeness (QED) is 0.680. The number of fused-ring (bicyclic) bond motifs is 1. The molecule has 18 heavy (non-hydrogen) atoms.